The molecule has 0 fully saturated rings. The molecule has 1 aliphatic carbocycles. The van der Waals surface area contributed by atoms with Crippen LogP contribution in [0.25, 0.3) is 4.91 Å². The van der Waals surface area contributed by atoms with E-state index < -0.39 is 5.97 Å². The molecule has 0 saturated heterocycles. The number of carboxylic acids is 1. The molecular weight excluding hydrogens is 268 g/mol. The smallest absolute Gasteiger partial charge is 0.307 e. The topological polar surface area (TPSA) is 37.3 Å². The Morgan fingerprint density at radius 1 is 1.30 bits per heavy atom. The van der Waals surface area contributed by atoms with Crippen LogP contribution in [0.4, 0.5) is 0 Å². The van der Waals surface area contributed by atoms with E-state index in [2.05, 4.69) is 37.5 Å². The van der Waals surface area contributed by atoms with Gasteiger partial charge in [0.25, 0.3) is 0 Å². The molecule has 3 heteroatoms. The minimum atomic E-state index is -0.687. The molecule has 0 heterocycles. The largest absolute Gasteiger partial charge is 0.481 e. The maximum absolute atomic E-state index is 11.1. The molecule has 2 nitrogen and oxygen atoms in total. The zero-order chi connectivity index (χ0) is 14.7. The molecule has 1 unspecified atom stereocenters. The second kappa shape index (κ2) is 6.31. The van der Waals surface area contributed by atoms with E-state index in [1.165, 1.54) is 27.2 Å². The first kappa shape index (κ1) is 14.9. The summed E-state index contributed by atoms with van der Waals surface area (Å²) < 4.78 is 0. The first-order valence-electron chi connectivity index (χ1n) is 6.83. The first-order valence-corrected chi connectivity index (χ1v) is 7.71. The molecule has 1 aromatic rings. The van der Waals surface area contributed by atoms with Crippen molar-refractivity contribution in [2.24, 2.45) is 5.92 Å². The Kier molecular flexibility index (Phi) is 4.71. The van der Waals surface area contributed by atoms with Crippen LogP contribution in [0.15, 0.2) is 35.3 Å². The van der Waals surface area contributed by atoms with E-state index in [4.69, 9.17) is 5.11 Å². The van der Waals surface area contributed by atoms with Gasteiger partial charge in [0.1, 0.15) is 0 Å². The monoisotopic (exact) mass is 288 g/mol. The van der Waals surface area contributed by atoms with Crippen LogP contribution in [0.1, 0.15) is 37.5 Å². The van der Waals surface area contributed by atoms with E-state index >= 15 is 0 Å². The van der Waals surface area contributed by atoms with Crippen LogP contribution in [0.5, 0.6) is 0 Å². The van der Waals surface area contributed by atoms with Gasteiger partial charge in [0.05, 0.1) is 5.92 Å². The number of aliphatic carboxylic acids is 1. The lowest BCUT2D eigenvalue weighted by molar-refractivity contribution is -0.141. The van der Waals surface area contributed by atoms with Gasteiger partial charge in [0, 0.05) is 4.91 Å². The van der Waals surface area contributed by atoms with Crippen LogP contribution >= 0.6 is 11.8 Å². The lowest BCUT2D eigenvalue weighted by Gasteiger charge is -2.09. The third-order valence-corrected chi connectivity index (χ3v) is 4.81. The number of rotatable bonds is 4. The summed E-state index contributed by atoms with van der Waals surface area (Å²) in [6.45, 7) is 6.23. The van der Waals surface area contributed by atoms with E-state index in [0.29, 0.717) is 12.8 Å². The molecule has 0 saturated carbocycles. The second-order valence-corrected chi connectivity index (χ2v) is 6.26. The quantitative estimate of drug-likeness (QED) is 0.886. The average Bonchev–Trinajstić information content (AvgIpc) is 2.82. The number of fused-ring (bicyclic) bond motifs is 1. The molecule has 2 rings (SSSR count). The summed E-state index contributed by atoms with van der Waals surface area (Å²) in [7, 11) is 0. The lowest BCUT2D eigenvalue weighted by Crippen LogP contribution is -2.12. The van der Waals surface area contributed by atoms with Crippen molar-refractivity contribution in [1.29, 1.82) is 0 Å². The van der Waals surface area contributed by atoms with E-state index in [9.17, 15) is 4.79 Å². The highest BCUT2D eigenvalue weighted by molar-refractivity contribution is 8.10. The van der Waals surface area contributed by atoms with Crippen LogP contribution in [0.2, 0.25) is 0 Å². The van der Waals surface area contributed by atoms with Crippen LogP contribution < -0.4 is 0 Å². The molecule has 0 aliphatic heterocycles. The number of hydrogen-bond donors (Lipinski definition) is 1. The Balaban J connectivity index is 2.31. The number of thioether (sulfide) groups is 1. The van der Waals surface area contributed by atoms with Gasteiger partial charge in [-0.25, -0.2) is 0 Å². The molecule has 1 atom stereocenters. The summed E-state index contributed by atoms with van der Waals surface area (Å²) >= 11 is 1.72. The molecule has 0 amide bonds. The van der Waals surface area contributed by atoms with Crippen molar-refractivity contribution in [3.8, 4) is 0 Å². The zero-order valence-corrected chi connectivity index (χ0v) is 13.0. The molecule has 106 valence electrons. The van der Waals surface area contributed by atoms with Gasteiger partial charge in [-0.3, -0.25) is 4.79 Å². The molecular formula is C17H20O2S. The first-order chi connectivity index (χ1) is 9.52. The fourth-order valence-electron chi connectivity index (χ4n) is 2.54. The van der Waals surface area contributed by atoms with Crippen molar-refractivity contribution in [3.63, 3.8) is 0 Å². The van der Waals surface area contributed by atoms with Crippen LogP contribution in [-0.2, 0) is 17.6 Å². The van der Waals surface area contributed by atoms with Crippen molar-refractivity contribution >= 4 is 22.6 Å². The summed E-state index contributed by atoms with van der Waals surface area (Å²) in [4.78, 5) is 12.4. The van der Waals surface area contributed by atoms with Gasteiger partial charge in [0.15, 0.2) is 0 Å². The van der Waals surface area contributed by atoms with Crippen molar-refractivity contribution in [2.45, 2.75) is 33.6 Å². The number of hydrogen-bond acceptors (Lipinski definition) is 2. The van der Waals surface area contributed by atoms with E-state index in [-0.39, 0.29) is 5.92 Å². The number of carbonyl (C=O) groups is 1. The molecule has 0 aromatic heterocycles. The SMILES string of the molecule is C/C=C\SC(=C(C)C)c1ccc2c(c1)CC(C(=O)O)C2. The lowest BCUT2D eigenvalue weighted by atomic mass is 10.0. The molecule has 1 N–H and O–H groups in total. The molecule has 0 spiro atoms. The van der Waals surface area contributed by atoms with Gasteiger partial charge < -0.3 is 5.11 Å². The average molecular weight is 288 g/mol. The summed E-state index contributed by atoms with van der Waals surface area (Å²) in [5.74, 6) is -0.938. The van der Waals surface area contributed by atoms with Crippen molar-refractivity contribution in [2.75, 3.05) is 0 Å². The standard InChI is InChI=1S/C17H20O2S/c1-4-7-20-16(11(2)3)13-6-5-12-8-15(17(18)19)10-14(12)9-13/h4-7,9,15H,8,10H2,1-3H3,(H,18,19)/b7-4-. The predicted molar refractivity (Wildman–Crippen MR) is 85.6 cm³/mol. The normalized spacial score (nSPS) is 17.2. The zero-order valence-electron chi connectivity index (χ0n) is 12.1. The van der Waals surface area contributed by atoms with Crippen LogP contribution in [0, 0.1) is 5.92 Å². The minimum Gasteiger partial charge on any atom is -0.481 e. The molecule has 1 aromatic carbocycles. The van der Waals surface area contributed by atoms with Gasteiger partial charge in [-0.1, -0.05) is 41.6 Å². The van der Waals surface area contributed by atoms with E-state index in [0.717, 1.165) is 0 Å². The highest BCUT2D eigenvalue weighted by Crippen LogP contribution is 2.35. The van der Waals surface area contributed by atoms with Gasteiger partial charge in [-0.05, 0) is 55.7 Å². The molecule has 20 heavy (non-hydrogen) atoms. The summed E-state index contributed by atoms with van der Waals surface area (Å²) in [6.07, 6.45) is 3.35. The predicted octanol–water partition coefficient (Wildman–Crippen LogP) is 4.50. The van der Waals surface area contributed by atoms with E-state index in [1.54, 1.807) is 11.8 Å². The number of allylic oxidation sites excluding steroid dienone is 2. The highest BCUT2D eigenvalue weighted by atomic mass is 32.2. The fraction of sp³-hybridized carbons (Fsp3) is 0.353. The van der Waals surface area contributed by atoms with Gasteiger partial charge >= 0.3 is 5.97 Å². The maximum atomic E-state index is 11.1. The van der Waals surface area contributed by atoms with Crippen molar-refractivity contribution in [3.05, 3.63) is 51.9 Å². The molecule has 0 bridgehead atoms. The van der Waals surface area contributed by atoms with E-state index in [1.807, 2.05) is 13.0 Å². The summed E-state index contributed by atoms with van der Waals surface area (Å²) in [5, 5.41) is 11.2. The summed E-state index contributed by atoms with van der Waals surface area (Å²) in [6, 6.07) is 6.37. The number of benzene rings is 1. The van der Waals surface area contributed by atoms with Gasteiger partial charge in [-0.15, -0.1) is 0 Å². The third kappa shape index (κ3) is 3.15. The Morgan fingerprint density at radius 3 is 2.60 bits per heavy atom. The van der Waals surface area contributed by atoms with Crippen LogP contribution in [0.3, 0.4) is 0 Å². The van der Waals surface area contributed by atoms with Gasteiger partial charge in [0.2, 0.25) is 0 Å². The Hall–Kier alpha value is -1.48. The van der Waals surface area contributed by atoms with Crippen LogP contribution in [-0.4, -0.2) is 11.1 Å². The number of carboxylic acid groups (broad SMARTS) is 1. The van der Waals surface area contributed by atoms with Gasteiger partial charge in [-0.2, -0.15) is 0 Å². The Morgan fingerprint density at radius 2 is 2.00 bits per heavy atom. The fourth-order valence-corrected chi connectivity index (χ4v) is 3.32. The second-order valence-electron chi connectivity index (χ2n) is 5.34. The molecule has 1 aliphatic rings. The third-order valence-electron chi connectivity index (χ3n) is 3.53. The Bertz CT molecular complexity index is 581. The minimum absolute atomic E-state index is 0.251. The highest BCUT2D eigenvalue weighted by Gasteiger charge is 2.27. The van der Waals surface area contributed by atoms with Crippen molar-refractivity contribution in [1.82, 2.24) is 0 Å². The summed E-state index contributed by atoms with van der Waals surface area (Å²) in [5.41, 5.74) is 4.85. The van der Waals surface area contributed by atoms with Crippen molar-refractivity contribution < 1.29 is 9.90 Å². The Labute approximate surface area is 124 Å². The maximum Gasteiger partial charge on any atom is 0.307 e. The molecule has 0 radical (unpaired) electrons.